The maximum Gasteiger partial charge on any atom is 0.310 e. The zero-order valence-corrected chi connectivity index (χ0v) is 35.7. The van der Waals surface area contributed by atoms with Gasteiger partial charge in [-0.25, -0.2) is 0 Å². The van der Waals surface area contributed by atoms with Gasteiger partial charge in [0, 0.05) is 6.42 Å². The summed E-state index contributed by atoms with van der Waals surface area (Å²) in [6.45, 7) is 6.20. The van der Waals surface area contributed by atoms with E-state index in [1.54, 1.807) is 12.2 Å². The van der Waals surface area contributed by atoms with Crippen molar-refractivity contribution in [3.63, 3.8) is 0 Å². The minimum Gasteiger partial charge on any atom is -0.462 e. The predicted octanol–water partition coefficient (Wildman–Crippen LogP) is 14.3. The zero-order valence-electron chi connectivity index (χ0n) is 35.7. The minimum atomic E-state index is -0.854. The van der Waals surface area contributed by atoms with Crippen LogP contribution in [0.15, 0.2) is 72.9 Å². The molecule has 0 aliphatic rings. The number of ether oxygens (including phenoxy) is 3. The number of rotatable bonds is 39. The van der Waals surface area contributed by atoms with E-state index in [2.05, 4.69) is 69.4 Å². The number of unbranched alkanes of at least 4 members (excludes halogenated alkanes) is 18. The molecular formula is C49H82O6. The van der Waals surface area contributed by atoms with Gasteiger partial charge in [-0.2, -0.15) is 0 Å². The fraction of sp³-hybridized carbons (Fsp3) is 0.694. The van der Waals surface area contributed by atoms with Gasteiger partial charge in [0.15, 0.2) is 6.10 Å². The number of hydrogen-bond acceptors (Lipinski definition) is 6. The molecule has 0 aromatic carbocycles. The van der Waals surface area contributed by atoms with Crippen LogP contribution in [0.1, 0.15) is 201 Å². The van der Waals surface area contributed by atoms with E-state index in [4.69, 9.17) is 14.2 Å². The van der Waals surface area contributed by atoms with Gasteiger partial charge in [-0.15, -0.1) is 0 Å². The van der Waals surface area contributed by atoms with E-state index in [-0.39, 0.29) is 32.0 Å². The number of esters is 3. The van der Waals surface area contributed by atoms with E-state index >= 15 is 0 Å². The molecule has 0 spiro atoms. The summed E-state index contributed by atoms with van der Waals surface area (Å²) in [7, 11) is 0. The van der Waals surface area contributed by atoms with Crippen LogP contribution in [0.5, 0.6) is 0 Å². The molecule has 0 aliphatic heterocycles. The van der Waals surface area contributed by atoms with Crippen molar-refractivity contribution in [3.05, 3.63) is 72.9 Å². The van der Waals surface area contributed by atoms with Crippen molar-refractivity contribution in [2.45, 2.75) is 207 Å². The SMILES string of the molecule is CC/C=C\C/C=C\C/C=C\CC(=O)OCC(COC(=O)CCCCCCCCCCCCCCCCCCCCC)OC(=O)C/C=C\C/C=C\C/C=C\CC. The Bertz CT molecular complexity index is 1070. The van der Waals surface area contributed by atoms with Crippen LogP contribution in [0.4, 0.5) is 0 Å². The number of hydrogen-bond donors (Lipinski definition) is 0. The smallest absolute Gasteiger partial charge is 0.310 e. The van der Waals surface area contributed by atoms with E-state index in [9.17, 15) is 14.4 Å². The maximum atomic E-state index is 12.6. The van der Waals surface area contributed by atoms with Crippen molar-refractivity contribution in [3.8, 4) is 0 Å². The van der Waals surface area contributed by atoms with E-state index in [0.29, 0.717) is 6.42 Å². The van der Waals surface area contributed by atoms with Crippen LogP contribution in [-0.4, -0.2) is 37.2 Å². The van der Waals surface area contributed by atoms with Crippen molar-refractivity contribution in [1.29, 1.82) is 0 Å². The second-order valence-corrected chi connectivity index (χ2v) is 14.6. The molecule has 0 rings (SSSR count). The Kier molecular flexibility index (Phi) is 41.1. The Balaban J connectivity index is 4.33. The summed E-state index contributed by atoms with van der Waals surface area (Å²) >= 11 is 0. The lowest BCUT2D eigenvalue weighted by Gasteiger charge is -2.17. The molecular weight excluding hydrogens is 685 g/mol. The molecule has 0 aliphatic carbocycles. The van der Waals surface area contributed by atoms with Gasteiger partial charge < -0.3 is 14.2 Å². The first-order chi connectivity index (χ1) is 27.0. The van der Waals surface area contributed by atoms with Crippen LogP contribution in [0.2, 0.25) is 0 Å². The normalized spacial score (nSPS) is 12.7. The lowest BCUT2D eigenvalue weighted by Crippen LogP contribution is -2.30. The molecule has 0 aromatic rings. The van der Waals surface area contributed by atoms with Crippen LogP contribution in [0.3, 0.4) is 0 Å². The monoisotopic (exact) mass is 767 g/mol. The topological polar surface area (TPSA) is 78.9 Å². The summed E-state index contributed by atoms with van der Waals surface area (Å²) in [5.41, 5.74) is 0. The predicted molar refractivity (Wildman–Crippen MR) is 233 cm³/mol. The molecule has 0 bridgehead atoms. The lowest BCUT2D eigenvalue weighted by molar-refractivity contribution is -0.166. The number of allylic oxidation sites excluding steroid dienone is 10. The van der Waals surface area contributed by atoms with Crippen molar-refractivity contribution in [1.82, 2.24) is 0 Å². The summed E-state index contributed by atoms with van der Waals surface area (Å²) in [4.78, 5) is 37.4. The first-order valence-electron chi connectivity index (χ1n) is 22.4. The molecule has 0 saturated heterocycles. The van der Waals surface area contributed by atoms with E-state index < -0.39 is 18.0 Å². The Morgan fingerprint density at radius 1 is 0.382 bits per heavy atom. The summed E-state index contributed by atoms with van der Waals surface area (Å²) in [6, 6.07) is 0. The Labute approximate surface area is 338 Å². The molecule has 0 radical (unpaired) electrons. The van der Waals surface area contributed by atoms with E-state index in [0.717, 1.165) is 57.8 Å². The van der Waals surface area contributed by atoms with Gasteiger partial charge in [0.25, 0.3) is 0 Å². The Hall–Kier alpha value is -3.15. The van der Waals surface area contributed by atoms with Crippen molar-refractivity contribution >= 4 is 17.9 Å². The highest BCUT2D eigenvalue weighted by atomic mass is 16.6. The highest BCUT2D eigenvalue weighted by Crippen LogP contribution is 2.15. The largest absolute Gasteiger partial charge is 0.462 e. The van der Waals surface area contributed by atoms with Crippen molar-refractivity contribution in [2.24, 2.45) is 0 Å². The molecule has 0 N–H and O–H groups in total. The second-order valence-electron chi connectivity index (χ2n) is 14.6. The first kappa shape index (κ1) is 51.9. The van der Waals surface area contributed by atoms with Crippen LogP contribution in [-0.2, 0) is 28.6 Å². The summed E-state index contributed by atoms with van der Waals surface area (Å²) < 4.78 is 16.4. The molecule has 55 heavy (non-hydrogen) atoms. The average molecular weight is 767 g/mol. The van der Waals surface area contributed by atoms with Gasteiger partial charge in [0.2, 0.25) is 0 Å². The Morgan fingerprint density at radius 2 is 0.709 bits per heavy atom. The van der Waals surface area contributed by atoms with Gasteiger partial charge in [0.05, 0.1) is 12.8 Å². The highest BCUT2D eigenvalue weighted by molar-refractivity contribution is 5.72. The summed E-state index contributed by atoms with van der Waals surface area (Å²) in [6.07, 6.45) is 54.0. The van der Waals surface area contributed by atoms with Crippen LogP contribution >= 0.6 is 0 Å². The maximum absolute atomic E-state index is 12.6. The van der Waals surface area contributed by atoms with Crippen LogP contribution < -0.4 is 0 Å². The molecule has 0 amide bonds. The van der Waals surface area contributed by atoms with Gasteiger partial charge in [0.1, 0.15) is 13.2 Å². The average Bonchev–Trinajstić information content (AvgIpc) is 3.18. The third-order valence-electron chi connectivity index (χ3n) is 9.27. The molecule has 0 fully saturated rings. The third kappa shape index (κ3) is 41.8. The fourth-order valence-corrected chi connectivity index (χ4v) is 5.98. The molecule has 1 unspecified atom stereocenters. The molecule has 0 heterocycles. The van der Waals surface area contributed by atoms with Gasteiger partial charge in [-0.05, 0) is 44.9 Å². The zero-order chi connectivity index (χ0) is 40.1. The standard InChI is InChI=1S/C49H82O6/c1-4-7-10-13-16-19-20-21-22-23-24-25-26-27-28-31-33-36-39-42-48(51)54-45-46(55-49(52)43-40-37-34-30-18-15-12-9-6-3)44-53-47(50)41-38-35-32-29-17-14-11-8-5-2/h8-9,11-12,17-18,29-30,35,37-38,40,46H,4-7,10,13-16,19-28,31-34,36,39,41-45H2,1-3H3/b11-8-,12-9-,29-17-,30-18-,38-35-,40-37-. The van der Waals surface area contributed by atoms with Gasteiger partial charge in [-0.1, -0.05) is 209 Å². The summed E-state index contributed by atoms with van der Waals surface area (Å²) in [5.74, 6) is -1.20. The molecule has 314 valence electrons. The van der Waals surface area contributed by atoms with Gasteiger partial charge >= 0.3 is 17.9 Å². The molecule has 6 heteroatoms. The lowest BCUT2D eigenvalue weighted by atomic mass is 10.0. The molecule has 6 nitrogen and oxygen atoms in total. The second kappa shape index (κ2) is 43.6. The first-order valence-corrected chi connectivity index (χ1v) is 22.4. The van der Waals surface area contributed by atoms with E-state index in [1.165, 1.54) is 103 Å². The minimum absolute atomic E-state index is 0.0891. The molecule has 1 atom stereocenters. The van der Waals surface area contributed by atoms with Gasteiger partial charge in [-0.3, -0.25) is 14.4 Å². The number of carbonyl (C=O) groups is 3. The molecule has 0 saturated carbocycles. The summed E-state index contributed by atoms with van der Waals surface area (Å²) in [5, 5.41) is 0. The van der Waals surface area contributed by atoms with Crippen molar-refractivity contribution < 1.29 is 28.6 Å². The quantitative estimate of drug-likeness (QED) is 0.0268. The number of carbonyl (C=O) groups excluding carboxylic acids is 3. The van der Waals surface area contributed by atoms with Crippen molar-refractivity contribution in [2.75, 3.05) is 13.2 Å². The van der Waals surface area contributed by atoms with E-state index in [1.807, 2.05) is 12.2 Å². The third-order valence-corrected chi connectivity index (χ3v) is 9.27. The fourth-order valence-electron chi connectivity index (χ4n) is 5.98. The van der Waals surface area contributed by atoms with Crippen LogP contribution in [0.25, 0.3) is 0 Å². The Morgan fingerprint density at radius 3 is 1.11 bits per heavy atom. The van der Waals surface area contributed by atoms with Crippen LogP contribution in [0, 0.1) is 0 Å². The highest BCUT2D eigenvalue weighted by Gasteiger charge is 2.19. The molecule has 0 aromatic heterocycles.